The van der Waals surface area contributed by atoms with Crippen LogP contribution in [0.15, 0.2) is 106 Å². The van der Waals surface area contributed by atoms with Gasteiger partial charge in [-0.2, -0.15) is 5.11 Å². The van der Waals surface area contributed by atoms with E-state index in [-0.39, 0.29) is 0 Å². The third kappa shape index (κ3) is 8.29. The van der Waals surface area contributed by atoms with E-state index < -0.39 is 0 Å². The lowest BCUT2D eigenvalue weighted by molar-refractivity contribution is -0.697. The molecule has 9 nitrogen and oxygen atoms in total. The normalized spacial score (nSPS) is 11.5. The molecule has 2 heterocycles. The van der Waals surface area contributed by atoms with Crippen molar-refractivity contribution in [3.63, 3.8) is 0 Å². The molecule has 0 saturated heterocycles. The van der Waals surface area contributed by atoms with Gasteiger partial charge < -0.3 is 9.64 Å². The predicted molar refractivity (Wildman–Crippen MR) is 153 cm³/mol. The highest BCUT2D eigenvalue weighted by atomic mass is 16.5. The summed E-state index contributed by atoms with van der Waals surface area (Å²) in [4.78, 5) is 2.07. The Kier molecular flexibility index (Phi) is 9.88. The number of benzene rings is 2. The fourth-order valence-corrected chi connectivity index (χ4v) is 4.14. The summed E-state index contributed by atoms with van der Waals surface area (Å²) >= 11 is 0. The summed E-state index contributed by atoms with van der Waals surface area (Å²) in [5, 5.41) is 17.7. The number of imidazole rings is 1. The van der Waals surface area contributed by atoms with Gasteiger partial charge in [-0.25, -0.2) is 13.7 Å². The zero-order chi connectivity index (χ0) is 27.5. The van der Waals surface area contributed by atoms with Crippen molar-refractivity contribution < 1.29 is 13.9 Å². The molecular formula is C30H38N8O+2. The molecule has 0 bridgehead atoms. The molecule has 0 saturated carbocycles. The highest BCUT2D eigenvalue weighted by Crippen LogP contribution is 2.21. The molecule has 0 aliphatic heterocycles. The average Bonchev–Trinajstić information content (AvgIpc) is 3.32. The summed E-state index contributed by atoms with van der Waals surface area (Å²) < 4.78 is 11.5. The number of hydrogen-bond acceptors (Lipinski definition) is 6. The summed E-state index contributed by atoms with van der Waals surface area (Å²) in [5.74, 6) is 1.64. The minimum absolute atomic E-state index is 0.797. The number of unbranched alkanes of at least 4 members (excludes halogenated alkanes) is 3. The number of aromatic nitrogens is 3. The largest absolute Gasteiger partial charge is 0.497 e. The Morgan fingerprint density at radius 1 is 0.744 bits per heavy atom. The quantitative estimate of drug-likeness (QED) is 0.110. The molecule has 2 aromatic carbocycles. The number of methoxy groups -OCH3 is 1. The second-order valence-electron chi connectivity index (χ2n) is 9.63. The van der Waals surface area contributed by atoms with E-state index in [1.807, 2.05) is 92.6 Å². The maximum Gasteiger partial charge on any atom is 0.421 e. The summed E-state index contributed by atoms with van der Waals surface area (Å²) in [5.41, 5.74) is 3.64. The van der Waals surface area contributed by atoms with Crippen LogP contribution in [0.4, 0.5) is 28.7 Å². The third-order valence-electron chi connectivity index (χ3n) is 6.42. The van der Waals surface area contributed by atoms with Crippen LogP contribution in [0.1, 0.15) is 25.7 Å². The molecule has 0 N–H and O–H groups in total. The molecule has 9 heteroatoms. The van der Waals surface area contributed by atoms with Crippen LogP contribution >= 0.6 is 0 Å². The van der Waals surface area contributed by atoms with Gasteiger partial charge in [-0.05, 0) is 67.4 Å². The Labute approximate surface area is 230 Å². The monoisotopic (exact) mass is 526 g/mol. The van der Waals surface area contributed by atoms with Crippen LogP contribution in [-0.4, -0.2) is 25.8 Å². The van der Waals surface area contributed by atoms with Gasteiger partial charge in [-0.15, -0.1) is 5.11 Å². The first-order valence-electron chi connectivity index (χ1n) is 13.3. The Bertz CT molecular complexity index is 1380. The van der Waals surface area contributed by atoms with Crippen LogP contribution in [0.25, 0.3) is 0 Å². The SMILES string of the molecule is COc1ccc(/N=N/c2n(C)cc[n+]2CCCCCC[n+]2cccc(/N=N/c3ccc(N(C)C)cc3)c2)cc1. The molecule has 4 aromatic rings. The summed E-state index contributed by atoms with van der Waals surface area (Å²) in [6.45, 7) is 1.87. The highest BCUT2D eigenvalue weighted by Gasteiger charge is 2.14. The number of ether oxygens (including phenoxy) is 1. The van der Waals surface area contributed by atoms with Gasteiger partial charge >= 0.3 is 5.95 Å². The zero-order valence-electron chi connectivity index (χ0n) is 23.3. The molecule has 2 aromatic heterocycles. The van der Waals surface area contributed by atoms with Crippen molar-refractivity contribution in [2.45, 2.75) is 38.8 Å². The maximum absolute atomic E-state index is 5.20. The molecule has 0 atom stereocenters. The smallest absolute Gasteiger partial charge is 0.421 e. The van der Waals surface area contributed by atoms with Crippen molar-refractivity contribution in [1.29, 1.82) is 0 Å². The van der Waals surface area contributed by atoms with E-state index in [0.717, 1.165) is 73.2 Å². The van der Waals surface area contributed by atoms with Crippen molar-refractivity contribution in [1.82, 2.24) is 4.57 Å². The summed E-state index contributed by atoms with van der Waals surface area (Å²) in [6.07, 6.45) is 12.7. The van der Waals surface area contributed by atoms with Crippen molar-refractivity contribution in [3.8, 4) is 5.75 Å². The molecule has 202 valence electrons. The van der Waals surface area contributed by atoms with Gasteiger partial charge in [0, 0.05) is 37.4 Å². The molecule has 0 aliphatic carbocycles. The van der Waals surface area contributed by atoms with E-state index >= 15 is 0 Å². The first-order chi connectivity index (χ1) is 19.0. The first-order valence-corrected chi connectivity index (χ1v) is 13.3. The molecule has 0 fully saturated rings. The molecular weight excluding hydrogens is 488 g/mol. The van der Waals surface area contributed by atoms with Crippen LogP contribution in [0.3, 0.4) is 0 Å². The molecule has 4 rings (SSSR count). The maximum atomic E-state index is 5.20. The molecule has 0 radical (unpaired) electrons. The fraction of sp³-hybridized carbons (Fsp3) is 0.333. The Morgan fingerprint density at radius 3 is 2.08 bits per heavy atom. The van der Waals surface area contributed by atoms with Gasteiger partial charge in [0.2, 0.25) is 0 Å². The van der Waals surface area contributed by atoms with Crippen LogP contribution in [0.5, 0.6) is 5.75 Å². The van der Waals surface area contributed by atoms with Crippen molar-refractivity contribution in [2.75, 3.05) is 26.1 Å². The number of pyridine rings is 1. The van der Waals surface area contributed by atoms with E-state index in [1.165, 1.54) is 0 Å². The second kappa shape index (κ2) is 13.9. The Hall–Kier alpha value is -4.40. The van der Waals surface area contributed by atoms with Crippen LogP contribution in [0.2, 0.25) is 0 Å². The number of rotatable bonds is 13. The average molecular weight is 527 g/mol. The van der Waals surface area contributed by atoms with E-state index in [4.69, 9.17) is 4.74 Å². The summed E-state index contributed by atoms with van der Waals surface area (Å²) in [7, 11) is 7.69. The zero-order valence-corrected chi connectivity index (χ0v) is 23.3. The van der Waals surface area contributed by atoms with E-state index in [1.54, 1.807) is 7.11 Å². The third-order valence-corrected chi connectivity index (χ3v) is 6.42. The molecule has 0 spiro atoms. The van der Waals surface area contributed by atoms with Gasteiger partial charge in [-0.3, -0.25) is 0 Å². The summed E-state index contributed by atoms with van der Waals surface area (Å²) in [6, 6.07) is 19.6. The lowest BCUT2D eigenvalue weighted by Gasteiger charge is -2.11. The standard InChI is InChI=1S/C30H38N8O/c1-35(2)28-15-11-25(12-16-28)31-33-27-10-9-20-37(24-27)19-7-5-6-8-21-38-23-22-36(3)30(38)34-32-26-13-17-29(39-4)18-14-26/h9-18,20,22-24H,5-8,19,21H2,1-4H3/q+2/b33-31+. The lowest BCUT2D eigenvalue weighted by atomic mass is 10.2. The van der Waals surface area contributed by atoms with Crippen LogP contribution in [0, 0.1) is 0 Å². The molecule has 0 aliphatic rings. The predicted octanol–water partition coefficient (Wildman–Crippen LogP) is 6.77. The van der Waals surface area contributed by atoms with Gasteiger partial charge in [-0.1, -0.05) is 11.5 Å². The second-order valence-corrected chi connectivity index (χ2v) is 9.63. The Balaban J connectivity index is 1.20. The molecule has 39 heavy (non-hydrogen) atoms. The van der Waals surface area contributed by atoms with Crippen LogP contribution in [-0.2, 0) is 20.1 Å². The topological polar surface area (TPSA) is 74.6 Å². The fourth-order valence-electron chi connectivity index (χ4n) is 4.14. The lowest BCUT2D eigenvalue weighted by Crippen LogP contribution is -2.32. The van der Waals surface area contributed by atoms with Crippen molar-refractivity contribution in [3.05, 3.63) is 85.5 Å². The van der Waals surface area contributed by atoms with Gasteiger partial charge in [0.05, 0.1) is 38.8 Å². The number of aryl methyl sites for hydroxylation is 3. The van der Waals surface area contributed by atoms with Gasteiger partial charge in [0.1, 0.15) is 23.7 Å². The number of azo groups is 2. The number of hydrogen-bond donors (Lipinski definition) is 0. The molecule has 0 amide bonds. The van der Waals surface area contributed by atoms with E-state index in [2.05, 4.69) is 53.1 Å². The Morgan fingerprint density at radius 2 is 1.38 bits per heavy atom. The molecule has 0 unspecified atom stereocenters. The first kappa shape index (κ1) is 27.6. The van der Waals surface area contributed by atoms with E-state index in [0.29, 0.717) is 0 Å². The van der Waals surface area contributed by atoms with E-state index in [9.17, 15) is 0 Å². The number of anilines is 1. The van der Waals surface area contributed by atoms with Crippen molar-refractivity contribution in [2.24, 2.45) is 27.5 Å². The van der Waals surface area contributed by atoms with Crippen molar-refractivity contribution >= 4 is 28.7 Å². The minimum Gasteiger partial charge on any atom is -0.497 e. The van der Waals surface area contributed by atoms with Crippen LogP contribution < -0.4 is 18.8 Å². The highest BCUT2D eigenvalue weighted by molar-refractivity contribution is 5.51. The number of nitrogens with zero attached hydrogens (tertiary/aromatic N) is 8. The van der Waals surface area contributed by atoms with Gasteiger partial charge in [0.25, 0.3) is 0 Å². The minimum atomic E-state index is 0.797. The van der Waals surface area contributed by atoms with Gasteiger partial charge in [0.15, 0.2) is 12.4 Å².